The van der Waals surface area contributed by atoms with Gasteiger partial charge in [0.05, 0.1) is 36.9 Å². The summed E-state index contributed by atoms with van der Waals surface area (Å²) in [5.41, 5.74) is 3.87. The number of carbonyl (C=O) groups is 2. The Kier molecular flexibility index (Phi) is 7.04. The lowest BCUT2D eigenvalue weighted by atomic mass is 10.3. The highest BCUT2D eigenvalue weighted by Gasteiger charge is 2.19. The van der Waals surface area contributed by atoms with E-state index in [2.05, 4.69) is 15.7 Å². The number of benzene rings is 2. The molecule has 8 nitrogen and oxygen atoms in total. The van der Waals surface area contributed by atoms with Gasteiger partial charge in [-0.2, -0.15) is 5.10 Å². The summed E-state index contributed by atoms with van der Waals surface area (Å²) in [7, 11) is 3.38. The number of likely N-dealkylation sites (N-methyl/N-ethyl adjacent to an activating group) is 1. The minimum Gasteiger partial charge on any atom is -0.497 e. The molecule has 0 saturated heterocycles. The maximum Gasteiger partial charge on any atom is 0.279 e. The molecule has 0 aliphatic carbocycles. The lowest BCUT2D eigenvalue weighted by Crippen LogP contribution is -3.11. The van der Waals surface area contributed by atoms with E-state index in [9.17, 15) is 9.59 Å². The van der Waals surface area contributed by atoms with Crippen molar-refractivity contribution in [2.45, 2.75) is 13.8 Å². The summed E-state index contributed by atoms with van der Waals surface area (Å²) in [6.45, 7) is 4.09. The first-order valence-corrected chi connectivity index (χ1v) is 10.0. The van der Waals surface area contributed by atoms with E-state index in [0.29, 0.717) is 17.1 Å². The number of hydrogen-bond acceptors (Lipinski definition) is 4. The number of aromatic nitrogens is 2. The molecule has 1 atom stereocenters. The Morgan fingerprint density at radius 3 is 2.35 bits per heavy atom. The van der Waals surface area contributed by atoms with Gasteiger partial charge in [0.15, 0.2) is 13.1 Å². The third kappa shape index (κ3) is 5.70. The van der Waals surface area contributed by atoms with Gasteiger partial charge in [0.2, 0.25) is 0 Å². The van der Waals surface area contributed by atoms with Crippen LogP contribution in [0.1, 0.15) is 11.4 Å². The second kappa shape index (κ2) is 9.90. The summed E-state index contributed by atoms with van der Waals surface area (Å²) >= 11 is 0. The molecule has 1 unspecified atom stereocenters. The second-order valence-corrected chi connectivity index (χ2v) is 7.43. The van der Waals surface area contributed by atoms with Gasteiger partial charge in [0.25, 0.3) is 11.8 Å². The molecule has 0 spiro atoms. The van der Waals surface area contributed by atoms with E-state index in [1.165, 1.54) is 0 Å². The topological polar surface area (TPSA) is 89.7 Å². The number of para-hydroxylation sites is 1. The molecule has 0 fully saturated rings. The van der Waals surface area contributed by atoms with Crippen LogP contribution in [0.3, 0.4) is 0 Å². The fourth-order valence-electron chi connectivity index (χ4n) is 3.34. The molecular formula is C23H28N5O3+. The zero-order chi connectivity index (χ0) is 22.4. The molecule has 0 radical (unpaired) electrons. The normalized spacial score (nSPS) is 11.6. The summed E-state index contributed by atoms with van der Waals surface area (Å²) in [5, 5.41) is 10.3. The average molecular weight is 423 g/mol. The summed E-state index contributed by atoms with van der Waals surface area (Å²) in [6, 6.07) is 16.9. The van der Waals surface area contributed by atoms with Gasteiger partial charge in [-0.3, -0.25) is 9.59 Å². The molecule has 1 heterocycles. The lowest BCUT2D eigenvalue weighted by Gasteiger charge is -2.14. The van der Waals surface area contributed by atoms with Gasteiger partial charge in [-0.1, -0.05) is 24.3 Å². The molecule has 0 saturated carbocycles. The number of quaternary nitrogens is 1. The molecular weight excluding hydrogens is 394 g/mol. The van der Waals surface area contributed by atoms with Crippen LogP contribution in [0.25, 0.3) is 5.69 Å². The van der Waals surface area contributed by atoms with Crippen LogP contribution in [0.15, 0.2) is 54.6 Å². The van der Waals surface area contributed by atoms with Gasteiger partial charge >= 0.3 is 0 Å². The van der Waals surface area contributed by atoms with E-state index >= 15 is 0 Å². The van der Waals surface area contributed by atoms with Crippen molar-refractivity contribution in [3.8, 4) is 11.4 Å². The van der Waals surface area contributed by atoms with Crippen LogP contribution in [0.2, 0.25) is 0 Å². The van der Waals surface area contributed by atoms with E-state index in [1.807, 2.05) is 48.9 Å². The Hall–Kier alpha value is -3.65. The van der Waals surface area contributed by atoms with Crippen LogP contribution in [-0.2, 0) is 9.59 Å². The summed E-state index contributed by atoms with van der Waals surface area (Å²) in [4.78, 5) is 25.7. The van der Waals surface area contributed by atoms with Crippen molar-refractivity contribution in [2.75, 3.05) is 37.9 Å². The second-order valence-electron chi connectivity index (χ2n) is 7.43. The number of ether oxygens (including phenoxy) is 1. The van der Waals surface area contributed by atoms with Gasteiger partial charge < -0.3 is 20.3 Å². The number of carbonyl (C=O) groups excluding carboxylic acids is 2. The van der Waals surface area contributed by atoms with Crippen molar-refractivity contribution < 1.29 is 19.2 Å². The Morgan fingerprint density at radius 2 is 1.68 bits per heavy atom. The molecule has 0 aliphatic heterocycles. The monoisotopic (exact) mass is 422 g/mol. The standard InChI is InChI=1S/C23H27N5O3/c1-16-23(17(2)28(26-16)19-10-6-5-7-11-19)25-22(30)15-27(3)14-21(29)24-18-9-8-12-20(13-18)31-4/h5-13H,14-15H2,1-4H3,(H,24,29)(H,25,30)/p+1. The number of anilines is 2. The van der Waals surface area contributed by atoms with Crippen LogP contribution in [0.4, 0.5) is 11.4 Å². The molecule has 8 heteroatoms. The quantitative estimate of drug-likeness (QED) is 0.514. The molecule has 3 aromatic rings. The van der Waals surface area contributed by atoms with Gasteiger partial charge in [-0.05, 0) is 38.1 Å². The van der Waals surface area contributed by atoms with E-state index in [-0.39, 0.29) is 24.9 Å². The number of rotatable bonds is 8. The number of hydrogen-bond donors (Lipinski definition) is 3. The first kappa shape index (κ1) is 22.0. The van der Waals surface area contributed by atoms with Crippen molar-refractivity contribution in [1.29, 1.82) is 0 Å². The van der Waals surface area contributed by atoms with E-state index < -0.39 is 0 Å². The molecule has 162 valence electrons. The van der Waals surface area contributed by atoms with Crippen molar-refractivity contribution in [3.63, 3.8) is 0 Å². The highest BCUT2D eigenvalue weighted by molar-refractivity contribution is 5.94. The summed E-state index contributed by atoms with van der Waals surface area (Å²) < 4.78 is 6.97. The first-order chi connectivity index (χ1) is 14.9. The van der Waals surface area contributed by atoms with Gasteiger partial charge in [-0.15, -0.1) is 0 Å². The number of methoxy groups -OCH3 is 1. The maximum atomic E-state index is 12.6. The third-order valence-electron chi connectivity index (χ3n) is 4.83. The highest BCUT2D eigenvalue weighted by Crippen LogP contribution is 2.22. The van der Waals surface area contributed by atoms with Crippen molar-refractivity contribution in [1.82, 2.24) is 9.78 Å². The smallest absolute Gasteiger partial charge is 0.279 e. The molecule has 0 aliphatic rings. The van der Waals surface area contributed by atoms with Crippen LogP contribution < -0.4 is 20.3 Å². The SMILES string of the molecule is COc1cccc(NC(=O)C[NH+](C)CC(=O)Nc2c(C)nn(-c3ccccc3)c2C)c1. The first-order valence-electron chi connectivity index (χ1n) is 10.0. The average Bonchev–Trinajstić information content (AvgIpc) is 3.02. The molecule has 3 N–H and O–H groups in total. The molecule has 0 bridgehead atoms. The predicted octanol–water partition coefficient (Wildman–Crippen LogP) is 1.59. The van der Waals surface area contributed by atoms with Gasteiger partial charge in [-0.25, -0.2) is 4.68 Å². The fraction of sp³-hybridized carbons (Fsp3) is 0.261. The lowest BCUT2D eigenvalue weighted by molar-refractivity contribution is -0.862. The molecule has 1 aromatic heterocycles. The van der Waals surface area contributed by atoms with Crippen LogP contribution in [0, 0.1) is 13.8 Å². The molecule has 2 amide bonds. The molecule has 3 rings (SSSR count). The Morgan fingerprint density at radius 1 is 1.00 bits per heavy atom. The Balaban J connectivity index is 1.57. The fourth-order valence-corrected chi connectivity index (χ4v) is 3.34. The third-order valence-corrected chi connectivity index (χ3v) is 4.83. The van der Waals surface area contributed by atoms with Gasteiger partial charge in [0.1, 0.15) is 5.75 Å². The number of nitrogens with one attached hydrogen (secondary N) is 3. The van der Waals surface area contributed by atoms with E-state index in [1.54, 1.807) is 38.4 Å². The minimum atomic E-state index is -0.178. The number of amides is 2. The molecule has 31 heavy (non-hydrogen) atoms. The van der Waals surface area contributed by atoms with Crippen LogP contribution in [-0.4, -0.2) is 48.8 Å². The minimum absolute atomic E-state index is 0.154. The zero-order valence-electron chi connectivity index (χ0n) is 18.2. The molecule has 2 aromatic carbocycles. The summed E-state index contributed by atoms with van der Waals surface area (Å²) in [5.74, 6) is 0.313. The zero-order valence-corrected chi connectivity index (χ0v) is 18.2. The van der Waals surface area contributed by atoms with Crippen molar-refractivity contribution >= 4 is 23.2 Å². The number of aryl methyl sites for hydroxylation is 1. The van der Waals surface area contributed by atoms with Gasteiger partial charge in [0, 0.05) is 11.8 Å². The maximum absolute atomic E-state index is 12.6. The Bertz CT molecular complexity index is 1060. The Labute approximate surface area is 181 Å². The highest BCUT2D eigenvalue weighted by atomic mass is 16.5. The van der Waals surface area contributed by atoms with Crippen molar-refractivity contribution in [3.05, 3.63) is 66.0 Å². The van der Waals surface area contributed by atoms with E-state index in [4.69, 9.17) is 4.74 Å². The predicted molar refractivity (Wildman–Crippen MR) is 120 cm³/mol. The summed E-state index contributed by atoms with van der Waals surface area (Å²) in [6.07, 6.45) is 0. The van der Waals surface area contributed by atoms with Crippen LogP contribution >= 0.6 is 0 Å². The van der Waals surface area contributed by atoms with Crippen molar-refractivity contribution in [2.24, 2.45) is 0 Å². The number of nitrogens with zero attached hydrogens (tertiary/aromatic N) is 2. The largest absolute Gasteiger partial charge is 0.497 e. The van der Waals surface area contributed by atoms with Crippen LogP contribution in [0.5, 0.6) is 5.75 Å². The van der Waals surface area contributed by atoms with E-state index in [0.717, 1.165) is 22.0 Å².